The summed E-state index contributed by atoms with van der Waals surface area (Å²) in [5, 5.41) is 9.15. The summed E-state index contributed by atoms with van der Waals surface area (Å²) in [5.41, 5.74) is 0. The molecule has 4 nitrogen and oxygen atoms in total. The maximum atomic E-state index is 11.1. The second-order valence-corrected chi connectivity index (χ2v) is 4.78. The highest BCUT2D eigenvalue weighted by atomic mass is 35.5. The molecule has 0 amide bonds. The molecule has 0 bridgehead atoms. The average molecular weight is 338 g/mol. The third kappa shape index (κ3) is 9.74. The first-order valence-electron chi connectivity index (χ1n) is 6.27. The third-order valence-electron chi connectivity index (χ3n) is 3.33. The molecule has 1 N–H and O–H groups in total. The summed E-state index contributed by atoms with van der Waals surface area (Å²) in [5.74, 6) is -0.810. The van der Waals surface area contributed by atoms with E-state index in [9.17, 15) is 4.79 Å². The lowest BCUT2D eigenvalue weighted by Crippen LogP contribution is -2.46. The van der Waals surface area contributed by atoms with E-state index in [4.69, 9.17) is 5.11 Å². The van der Waals surface area contributed by atoms with Gasteiger partial charge in [0.05, 0.1) is 5.92 Å². The van der Waals surface area contributed by atoms with Gasteiger partial charge in [-0.3, -0.25) is 9.69 Å². The number of carboxylic acids is 1. The molecular weight excluding hydrogens is 311 g/mol. The van der Waals surface area contributed by atoms with Crippen LogP contribution in [-0.4, -0.2) is 60.6 Å². The van der Waals surface area contributed by atoms with Crippen molar-refractivity contribution in [2.45, 2.75) is 26.2 Å². The van der Waals surface area contributed by atoms with Crippen LogP contribution in [0.2, 0.25) is 0 Å². The van der Waals surface area contributed by atoms with Gasteiger partial charge in [0.15, 0.2) is 0 Å². The van der Waals surface area contributed by atoms with Gasteiger partial charge in [-0.05, 0) is 13.5 Å². The minimum absolute atomic E-state index is 0. The van der Waals surface area contributed by atoms with Gasteiger partial charge in [0.2, 0.25) is 0 Å². The van der Waals surface area contributed by atoms with E-state index < -0.39 is 5.97 Å². The molecule has 1 unspecified atom stereocenters. The van der Waals surface area contributed by atoms with Gasteiger partial charge in [-0.1, -0.05) is 19.8 Å². The van der Waals surface area contributed by atoms with E-state index >= 15 is 0 Å². The minimum Gasteiger partial charge on any atom is -0.481 e. The fourth-order valence-corrected chi connectivity index (χ4v) is 2.09. The number of nitrogens with zero attached hydrogens (tertiary/aromatic N) is 2. The van der Waals surface area contributed by atoms with Crippen LogP contribution in [0.25, 0.3) is 0 Å². The molecule has 0 aromatic heterocycles. The summed E-state index contributed by atoms with van der Waals surface area (Å²) in [6.07, 6.45) is 2.91. The number of likely N-dealkylation sites (N-methyl/N-ethyl adjacent to an activating group) is 1. The molecule has 1 aliphatic rings. The van der Waals surface area contributed by atoms with Crippen LogP contribution >= 0.6 is 37.2 Å². The summed E-state index contributed by atoms with van der Waals surface area (Å²) in [6.45, 7) is 6.96. The molecule has 1 heterocycles. The number of rotatable bonds is 6. The standard InChI is InChI=1S/C12H24N2O2.3ClH/c1-3-4-5-11(12(15)16)10-14-8-6-13(2)7-9-14;;;/h11H,3-10H2,1-2H3,(H,15,16);3*1H. The summed E-state index contributed by atoms with van der Waals surface area (Å²) in [6, 6.07) is 0. The summed E-state index contributed by atoms with van der Waals surface area (Å²) in [7, 11) is 2.11. The zero-order chi connectivity index (χ0) is 12.0. The molecule has 0 saturated carbocycles. The maximum Gasteiger partial charge on any atom is 0.307 e. The van der Waals surface area contributed by atoms with Gasteiger partial charge >= 0.3 is 5.97 Å². The minimum atomic E-state index is -0.632. The van der Waals surface area contributed by atoms with Crippen LogP contribution in [0.15, 0.2) is 0 Å². The van der Waals surface area contributed by atoms with Crippen molar-refractivity contribution in [2.75, 3.05) is 39.8 Å². The highest BCUT2D eigenvalue weighted by Gasteiger charge is 2.22. The van der Waals surface area contributed by atoms with Crippen molar-refractivity contribution in [3.05, 3.63) is 0 Å². The van der Waals surface area contributed by atoms with Crippen LogP contribution in [0.1, 0.15) is 26.2 Å². The van der Waals surface area contributed by atoms with Crippen molar-refractivity contribution >= 4 is 43.2 Å². The van der Waals surface area contributed by atoms with Gasteiger partial charge in [-0.2, -0.15) is 0 Å². The Labute approximate surface area is 135 Å². The predicted octanol–water partition coefficient (Wildman–Crippen LogP) is 2.39. The first-order valence-corrected chi connectivity index (χ1v) is 6.27. The molecule has 1 atom stereocenters. The van der Waals surface area contributed by atoms with Gasteiger partial charge in [-0.25, -0.2) is 0 Å². The van der Waals surface area contributed by atoms with Gasteiger partial charge in [0, 0.05) is 32.7 Å². The van der Waals surface area contributed by atoms with Crippen molar-refractivity contribution in [1.82, 2.24) is 9.80 Å². The second kappa shape index (κ2) is 13.3. The van der Waals surface area contributed by atoms with Gasteiger partial charge < -0.3 is 10.0 Å². The Balaban J connectivity index is -0.000000853. The molecule has 0 aromatic rings. The summed E-state index contributed by atoms with van der Waals surface area (Å²) >= 11 is 0. The quantitative estimate of drug-likeness (QED) is 0.808. The van der Waals surface area contributed by atoms with Crippen LogP contribution in [0.5, 0.6) is 0 Å². The molecular formula is C12H27Cl3N2O2. The van der Waals surface area contributed by atoms with E-state index in [0.717, 1.165) is 52.0 Å². The first-order chi connectivity index (χ1) is 7.63. The summed E-state index contributed by atoms with van der Waals surface area (Å²) < 4.78 is 0. The Hall–Kier alpha value is 0.260. The Morgan fingerprint density at radius 3 is 2.11 bits per heavy atom. The van der Waals surface area contributed by atoms with Crippen LogP contribution < -0.4 is 0 Å². The Bertz CT molecular complexity index is 225. The van der Waals surface area contributed by atoms with E-state index in [1.165, 1.54) is 0 Å². The third-order valence-corrected chi connectivity index (χ3v) is 3.33. The molecule has 1 aliphatic heterocycles. The van der Waals surface area contributed by atoms with Crippen molar-refractivity contribution in [3.63, 3.8) is 0 Å². The first kappa shape index (κ1) is 24.3. The molecule has 19 heavy (non-hydrogen) atoms. The maximum absolute atomic E-state index is 11.1. The van der Waals surface area contributed by atoms with E-state index in [2.05, 4.69) is 23.8 Å². The number of carboxylic acid groups (broad SMARTS) is 1. The smallest absolute Gasteiger partial charge is 0.307 e. The molecule has 118 valence electrons. The number of hydrogen-bond donors (Lipinski definition) is 1. The van der Waals surface area contributed by atoms with E-state index in [-0.39, 0.29) is 43.1 Å². The van der Waals surface area contributed by atoms with Crippen molar-refractivity contribution in [2.24, 2.45) is 5.92 Å². The number of unbranched alkanes of at least 4 members (excludes halogenated alkanes) is 1. The van der Waals surface area contributed by atoms with Crippen LogP contribution in [-0.2, 0) is 4.79 Å². The highest BCUT2D eigenvalue weighted by Crippen LogP contribution is 2.12. The van der Waals surface area contributed by atoms with Crippen molar-refractivity contribution < 1.29 is 9.90 Å². The van der Waals surface area contributed by atoms with Gasteiger partial charge in [0.1, 0.15) is 0 Å². The number of carbonyl (C=O) groups is 1. The highest BCUT2D eigenvalue weighted by molar-refractivity contribution is 5.86. The lowest BCUT2D eigenvalue weighted by atomic mass is 10.0. The molecule has 1 saturated heterocycles. The zero-order valence-corrected chi connectivity index (χ0v) is 14.2. The molecule has 1 rings (SSSR count). The number of hydrogen-bond acceptors (Lipinski definition) is 3. The molecule has 0 aliphatic carbocycles. The predicted molar refractivity (Wildman–Crippen MR) is 86.3 cm³/mol. The SMILES string of the molecule is CCCCC(CN1CCN(C)CC1)C(=O)O.Cl.Cl.Cl. The molecule has 0 radical (unpaired) electrons. The second-order valence-electron chi connectivity index (χ2n) is 4.78. The van der Waals surface area contributed by atoms with Crippen LogP contribution in [0, 0.1) is 5.92 Å². The normalized spacial score (nSPS) is 17.6. The zero-order valence-electron chi connectivity index (χ0n) is 11.7. The van der Waals surface area contributed by atoms with Crippen LogP contribution in [0.3, 0.4) is 0 Å². The number of aliphatic carboxylic acids is 1. The van der Waals surface area contributed by atoms with E-state index in [1.807, 2.05) is 0 Å². The van der Waals surface area contributed by atoms with Crippen LogP contribution in [0.4, 0.5) is 0 Å². The largest absolute Gasteiger partial charge is 0.481 e. The topological polar surface area (TPSA) is 43.8 Å². The van der Waals surface area contributed by atoms with Crippen molar-refractivity contribution in [3.8, 4) is 0 Å². The molecule has 0 spiro atoms. The lowest BCUT2D eigenvalue weighted by Gasteiger charge is -2.33. The average Bonchev–Trinajstić information content (AvgIpc) is 2.26. The fraction of sp³-hybridized carbons (Fsp3) is 0.917. The van der Waals surface area contributed by atoms with E-state index in [0.29, 0.717) is 0 Å². The monoisotopic (exact) mass is 336 g/mol. The number of halogens is 3. The molecule has 1 fully saturated rings. The van der Waals surface area contributed by atoms with E-state index in [1.54, 1.807) is 0 Å². The molecule has 7 heteroatoms. The molecule has 0 aromatic carbocycles. The lowest BCUT2D eigenvalue weighted by molar-refractivity contribution is -0.142. The Kier molecular flexibility index (Phi) is 16.9. The van der Waals surface area contributed by atoms with Gasteiger partial charge in [-0.15, -0.1) is 37.2 Å². The number of piperazine rings is 1. The Morgan fingerprint density at radius 1 is 1.16 bits per heavy atom. The van der Waals surface area contributed by atoms with Crippen molar-refractivity contribution in [1.29, 1.82) is 0 Å². The Morgan fingerprint density at radius 2 is 1.68 bits per heavy atom. The van der Waals surface area contributed by atoms with Gasteiger partial charge in [0.25, 0.3) is 0 Å². The summed E-state index contributed by atoms with van der Waals surface area (Å²) in [4.78, 5) is 15.7. The fourth-order valence-electron chi connectivity index (χ4n) is 2.09.